The van der Waals surface area contributed by atoms with Crippen molar-refractivity contribution < 1.29 is 19.0 Å². The lowest BCUT2D eigenvalue weighted by atomic mass is 10.1. The molecule has 0 fully saturated rings. The van der Waals surface area contributed by atoms with E-state index in [0.717, 1.165) is 24.0 Å². The molecule has 0 N–H and O–H groups in total. The summed E-state index contributed by atoms with van der Waals surface area (Å²) < 4.78 is 19.1. The number of benzene rings is 2. The smallest absolute Gasteiger partial charge is 0.363 e. The Bertz CT molecular complexity index is 1160. The van der Waals surface area contributed by atoms with Crippen LogP contribution < -0.4 is 9.47 Å². The van der Waals surface area contributed by atoms with Gasteiger partial charge in [0.15, 0.2) is 17.2 Å². The van der Waals surface area contributed by atoms with Crippen molar-refractivity contribution in [3.05, 3.63) is 83.7 Å². The Labute approximate surface area is 206 Å². The fourth-order valence-corrected chi connectivity index (χ4v) is 4.58. The van der Waals surface area contributed by atoms with E-state index in [-0.39, 0.29) is 5.70 Å². The Morgan fingerprint density at radius 2 is 2.00 bits per heavy atom. The zero-order valence-corrected chi connectivity index (χ0v) is 21.0. The maximum atomic E-state index is 12.3. The van der Waals surface area contributed by atoms with E-state index in [4.69, 9.17) is 14.2 Å². The molecule has 0 saturated heterocycles. The van der Waals surface area contributed by atoms with Crippen LogP contribution in [0.4, 0.5) is 0 Å². The topological polar surface area (TPSA) is 57.1 Å². The lowest BCUT2D eigenvalue weighted by Crippen LogP contribution is -2.04. The molecule has 8 heteroatoms. The Morgan fingerprint density at radius 3 is 2.71 bits per heavy atom. The van der Waals surface area contributed by atoms with Crippen LogP contribution in [0, 0.1) is 3.57 Å². The van der Waals surface area contributed by atoms with Crippen LogP contribution in [0.1, 0.15) is 22.9 Å². The van der Waals surface area contributed by atoms with Crippen molar-refractivity contribution in [2.24, 2.45) is 4.99 Å². The summed E-state index contributed by atoms with van der Waals surface area (Å²) in [7, 11) is 0. The number of rotatable bonds is 7. The van der Waals surface area contributed by atoms with Crippen molar-refractivity contribution in [3.8, 4) is 11.5 Å². The monoisotopic (exact) mass is 609 g/mol. The number of aliphatic imine (C=N–C) groups is 1. The molecular formula is C23H17BrINO4S. The highest BCUT2D eigenvalue weighted by molar-refractivity contribution is 14.1. The quantitative estimate of drug-likeness (QED) is 0.176. The van der Waals surface area contributed by atoms with Gasteiger partial charge in [0.1, 0.15) is 6.61 Å². The first-order chi connectivity index (χ1) is 15.0. The number of cyclic esters (lactones) is 1. The van der Waals surface area contributed by atoms with Crippen LogP contribution in [0.15, 0.2) is 69.1 Å². The standard InChI is InChI=1S/C23H17BrINO4S/c1-2-28-19-12-15(11-18-23(27)30-22(26-18)20-4-3-9-31-20)10-17(25)21(19)29-13-14-5-7-16(24)8-6-14/h3-12H,2,13H2,1H3. The number of hydrogen-bond donors (Lipinski definition) is 0. The molecule has 0 aliphatic carbocycles. The minimum Gasteiger partial charge on any atom is -0.490 e. The normalized spacial score (nSPS) is 14.5. The van der Waals surface area contributed by atoms with Crippen LogP contribution in [0.25, 0.3) is 6.08 Å². The fraction of sp³-hybridized carbons (Fsp3) is 0.130. The number of carbonyl (C=O) groups is 1. The number of ether oxygens (including phenoxy) is 3. The van der Waals surface area contributed by atoms with Crippen LogP contribution in [0.3, 0.4) is 0 Å². The summed E-state index contributed by atoms with van der Waals surface area (Å²) in [6.07, 6.45) is 1.70. The SMILES string of the molecule is CCOc1cc(C=C2N=C(c3cccs3)OC2=O)cc(I)c1OCc1ccc(Br)cc1. The van der Waals surface area contributed by atoms with Crippen molar-refractivity contribution in [3.63, 3.8) is 0 Å². The Morgan fingerprint density at radius 1 is 1.19 bits per heavy atom. The third-order valence-corrected chi connectivity index (χ3v) is 6.47. The summed E-state index contributed by atoms with van der Waals surface area (Å²) >= 11 is 7.12. The molecule has 0 amide bonds. The van der Waals surface area contributed by atoms with E-state index in [0.29, 0.717) is 30.6 Å². The van der Waals surface area contributed by atoms with Gasteiger partial charge in [0.2, 0.25) is 5.90 Å². The molecule has 4 rings (SSSR count). The number of esters is 1. The molecule has 1 aliphatic heterocycles. The number of halogens is 2. The summed E-state index contributed by atoms with van der Waals surface area (Å²) in [5, 5.41) is 1.91. The zero-order valence-electron chi connectivity index (χ0n) is 16.4. The second-order valence-corrected chi connectivity index (χ2v) is 9.52. The Hall–Kier alpha value is -2.17. The van der Waals surface area contributed by atoms with Gasteiger partial charge in [-0.3, -0.25) is 0 Å². The number of thiophene rings is 1. The van der Waals surface area contributed by atoms with E-state index in [1.54, 1.807) is 6.08 Å². The van der Waals surface area contributed by atoms with E-state index in [1.165, 1.54) is 11.3 Å². The largest absolute Gasteiger partial charge is 0.490 e. The van der Waals surface area contributed by atoms with Crippen molar-refractivity contribution in [1.29, 1.82) is 0 Å². The van der Waals surface area contributed by atoms with Gasteiger partial charge in [-0.15, -0.1) is 11.3 Å². The molecule has 0 spiro atoms. The molecule has 0 saturated carbocycles. The van der Waals surface area contributed by atoms with Crippen LogP contribution in [-0.4, -0.2) is 18.5 Å². The van der Waals surface area contributed by atoms with Crippen molar-refractivity contribution in [2.45, 2.75) is 13.5 Å². The lowest BCUT2D eigenvalue weighted by molar-refractivity contribution is -0.129. The molecule has 0 bridgehead atoms. The summed E-state index contributed by atoms with van der Waals surface area (Å²) in [6.45, 7) is 2.83. The molecule has 2 aromatic carbocycles. The number of carbonyl (C=O) groups excluding carboxylic acids is 1. The van der Waals surface area contributed by atoms with Gasteiger partial charge < -0.3 is 14.2 Å². The van der Waals surface area contributed by atoms with Crippen LogP contribution in [0.5, 0.6) is 11.5 Å². The zero-order chi connectivity index (χ0) is 21.8. The molecule has 0 radical (unpaired) electrons. The third kappa shape index (κ3) is 5.36. The van der Waals surface area contributed by atoms with Gasteiger partial charge >= 0.3 is 5.97 Å². The van der Waals surface area contributed by atoms with Crippen LogP contribution >= 0.6 is 49.9 Å². The van der Waals surface area contributed by atoms with E-state index in [9.17, 15) is 4.79 Å². The second kappa shape index (κ2) is 9.97. The van der Waals surface area contributed by atoms with Gasteiger partial charge in [-0.25, -0.2) is 9.79 Å². The van der Waals surface area contributed by atoms with Gasteiger partial charge in [0.25, 0.3) is 0 Å². The van der Waals surface area contributed by atoms with E-state index < -0.39 is 5.97 Å². The maximum Gasteiger partial charge on any atom is 0.363 e. The average molecular weight is 610 g/mol. The first kappa shape index (κ1) is 22.0. The van der Waals surface area contributed by atoms with Gasteiger partial charge in [0.05, 0.1) is 15.1 Å². The number of hydrogen-bond acceptors (Lipinski definition) is 6. The molecule has 0 atom stereocenters. The molecule has 158 valence electrons. The average Bonchev–Trinajstić information content (AvgIpc) is 3.39. The van der Waals surface area contributed by atoms with E-state index >= 15 is 0 Å². The van der Waals surface area contributed by atoms with E-state index in [1.807, 2.05) is 60.8 Å². The lowest BCUT2D eigenvalue weighted by Gasteiger charge is -2.15. The Kier molecular flexibility index (Phi) is 7.09. The van der Waals surface area contributed by atoms with Crippen LogP contribution in [0.2, 0.25) is 0 Å². The van der Waals surface area contributed by atoms with Gasteiger partial charge in [-0.2, -0.15) is 0 Å². The summed E-state index contributed by atoms with van der Waals surface area (Å²) in [5.74, 6) is 1.16. The summed E-state index contributed by atoms with van der Waals surface area (Å²) in [4.78, 5) is 17.4. The Balaban J connectivity index is 1.60. The van der Waals surface area contributed by atoms with Crippen molar-refractivity contribution in [1.82, 2.24) is 0 Å². The molecule has 1 aliphatic rings. The van der Waals surface area contributed by atoms with Crippen molar-refractivity contribution >= 4 is 67.8 Å². The molecule has 0 unspecified atom stereocenters. The van der Waals surface area contributed by atoms with Gasteiger partial charge in [-0.05, 0) is 82.4 Å². The highest BCUT2D eigenvalue weighted by Crippen LogP contribution is 2.36. The predicted octanol–water partition coefficient (Wildman–Crippen LogP) is 6.44. The second-order valence-electron chi connectivity index (χ2n) is 6.49. The van der Waals surface area contributed by atoms with E-state index in [2.05, 4.69) is 43.5 Å². The predicted molar refractivity (Wildman–Crippen MR) is 134 cm³/mol. The first-order valence-corrected chi connectivity index (χ1v) is 12.2. The fourth-order valence-electron chi connectivity index (χ4n) is 2.88. The third-order valence-electron chi connectivity index (χ3n) is 4.28. The van der Waals surface area contributed by atoms with Gasteiger partial charge in [0, 0.05) is 4.47 Å². The highest BCUT2D eigenvalue weighted by atomic mass is 127. The summed E-state index contributed by atoms with van der Waals surface area (Å²) in [5.41, 5.74) is 2.09. The maximum absolute atomic E-state index is 12.3. The highest BCUT2D eigenvalue weighted by Gasteiger charge is 2.25. The molecule has 2 heterocycles. The minimum atomic E-state index is -0.466. The molecule has 5 nitrogen and oxygen atoms in total. The van der Waals surface area contributed by atoms with Gasteiger partial charge in [-0.1, -0.05) is 34.1 Å². The molecule has 31 heavy (non-hydrogen) atoms. The molecular weight excluding hydrogens is 593 g/mol. The molecule has 1 aromatic heterocycles. The summed E-state index contributed by atoms with van der Waals surface area (Å²) in [6, 6.07) is 15.5. The van der Waals surface area contributed by atoms with Crippen molar-refractivity contribution in [2.75, 3.05) is 6.61 Å². The number of nitrogens with zero attached hydrogens (tertiary/aromatic N) is 1. The molecule has 3 aromatic rings. The minimum absolute atomic E-state index is 0.255. The first-order valence-electron chi connectivity index (χ1n) is 9.43. The van der Waals surface area contributed by atoms with Crippen LogP contribution in [-0.2, 0) is 16.1 Å².